The van der Waals surface area contributed by atoms with E-state index in [0.717, 1.165) is 43.4 Å². The molecule has 2 fully saturated rings. The SMILES string of the molecule is c1ccc2sc(N3CCOC4(CCOC4)C3)nc2c1. The Morgan fingerprint density at radius 3 is 3.05 bits per heavy atom. The fourth-order valence-electron chi connectivity index (χ4n) is 2.83. The number of aromatic nitrogens is 1. The number of anilines is 1. The number of para-hydroxylation sites is 1. The van der Waals surface area contributed by atoms with Crippen LogP contribution in [0.4, 0.5) is 5.13 Å². The van der Waals surface area contributed by atoms with E-state index >= 15 is 0 Å². The van der Waals surface area contributed by atoms with Crippen molar-refractivity contribution in [1.82, 2.24) is 4.98 Å². The van der Waals surface area contributed by atoms with Crippen molar-refractivity contribution in [3.05, 3.63) is 24.3 Å². The molecule has 100 valence electrons. The molecule has 2 aliphatic heterocycles. The van der Waals surface area contributed by atoms with Gasteiger partial charge in [0.25, 0.3) is 0 Å². The first-order chi connectivity index (χ1) is 9.35. The molecule has 0 N–H and O–H groups in total. The lowest BCUT2D eigenvalue weighted by Crippen LogP contribution is -2.52. The van der Waals surface area contributed by atoms with Crippen molar-refractivity contribution >= 4 is 26.7 Å². The largest absolute Gasteiger partial charge is 0.378 e. The van der Waals surface area contributed by atoms with E-state index in [1.807, 2.05) is 6.07 Å². The molecule has 1 aromatic heterocycles. The Kier molecular flexibility index (Phi) is 2.72. The first-order valence-corrected chi connectivity index (χ1v) is 7.49. The monoisotopic (exact) mass is 276 g/mol. The van der Waals surface area contributed by atoms with Gasteiger partial charge < -0.3 is 14.4 Å². The molecule has 1 atom stereocenters. The third kappa shape index (κ3) is 2.02. The minimum Gasteiger partial charge on any atom is -0.378 e. The van der Waals surface area contributed by atoms with Crippen molar-refractivity contribution in [3.63, 3.8) is 0 Å². The molecule has 3 heterocycles. The molecule has 1 unspecified atom stereocenters. The molecule has 4 rings (SSSR count). The van der Waals surface area contributed by atoms with E-state index in [0.29, 0.717) is 6.61 Å². The number of hydrogen-bond acceptors (Lipinski definition) is 5. The van der Waals surface area contributed by atoms with E-state index in [-0.39, 0.29) is 5.60 Å². The Bertz CT molecular complexity index is 559. The lowest BCUT2D eigenvalue weighted by atomic mass is 10.0. The summed E-state index contributed by atoms with van der Waals surface area (Å²) in [6.07, 6.45) is 0.994. The van der Waals surface area contributed by atoms with Crippen molar-refractivity contribution in [2.45, 2.75) is 12.0 Å². The maximum absolute atomic E-state index is 5.96. The van der Waals surface area contributed by atoms with Crippen LogP contribution in [0, 0.1) is 0 Å². The molecule has 0 aliphatic carbocycles. The molecule has 19 heavy (non-hydrogen) atoms. The van der Waals surface area contributed by atoms with Gasteiger partial charge >= 0.3 is 0 Å². The maximum Gasteiger partial charge on any atom is 0.186 e. The average Bonchev–Trinajstić information content (AvgIpc) is 3.05. The fourth-order valence-corrected chi connectivity index (χ4v) is 3.82. The van der Waals surface area contributed by atoms with Crippen LogP contribution in [-0.4, -0.2) is 43.5 Å². The average molecular weight is 276 g/mol. The first kappa shape index (κ1) is 11.6. The molecule has 0 radical (unpaired) electrons. The van der Waals surface area contributed by atoms with Crippen LogP contribution < -0.4 is 4.90 Å². The summed E-state index contributed by atoms with van der Waals surface area (Å²) >= 11 is 1.76. The highest BCUT2D eigenvalue weighted by Crippen LogP contribution is 2.34. The highest BCUT2D eigenvalue weighted by molar-refractivity contribution is 7.22. The summed E-state index contributed by atoms with van der Waals surface area (Å²) in [5.74, 6) is 0. The molecular formula is C14H16N2O2S. The van der Waals surface area contributed by atoms with Crippen molar-refractivity contribution in [2.24, 2.45) is 0 Å². The Balaban J connectivity index is 1.64. The third-order valence-corrected chi connectivity index (χ3v) is 4.97. The normalized spacial score (nSPS) is 27.5. The van der Waals surface area contributed by atoms with E-state index in [2.05, 4.69) is 23.1 Å². The lowest BCUT2D eigenvalue weighted by molar-refractivity contribution is -0.0579. The van der Waals surface area contributed by atoms with Crippen LogP contribution in [0.1, 0.15) is 6.42 Å². The molecule has 1 aromatic carbocycles. The van der Waals surface area contributed by atoms with Gasteiger partial charge in [-0.3, -0.25) is 0 Å². The number of thiazole rings is 1. The summed E-state index contributed by atoms with van der Waals surface area (Å²) in [4.78, 5) is 7.09. The van der Waals surface area contributed by atoms with Crippen LogP contribution >= 0.6 is 11.3 Å². The zero-order valence-electron chi connectivity index (χ0n) is 10.7. The summed E-state index contributed by atoms with van der Waals surface area (Å²) in [5.41, 5.74) is 0.988. The van der Waals surface area contributed by atoms with Crippen molar-refractivity contribution in [1.29, 1.82) is 0 Å². The Labute approximate surface area is 116 Å². The summed E-state index contributed by atoms with van der Waals surface area (Å²) in [6.45, 7) is 4.11. The summed E-state index contributed by atoms with van der Waals surface area (Å²) in [6, 6.07) is 8.31. The first-order valence-electron chi connectivity index (χ1n) is 6.67. The molecule has 0 amide bonds. The summed E-state index contributed by atoms with van der Waals surface area (Å²) in [5, 5.41) is 1.11. The van der Waals surface area contributed by atoms with E-state index in [1.54, 1.807) is 11.3 Å². The molecule has 1 spiro atoms. The second-order valence-electron chi connectivity index (χ2n) is 5.22. The Hall–Kier alpha value is -1.17. The Morgan fingerprint density at radius 2 is 2.21 bits per heavy atom. The van der Waals surface area contributed by atoms with E-state index in [4.69, 9.17) is 14.5 Å². The van der Waals surface area contributed by atoms with Gasteiger partial charge in [-0.1, -0.05) is 23.5 Å². The summed E-state index contributed by atoms with van der Waals surface area (Å²) in [7, 11) is 0. The van der Waals surface area contributed by atoms with Gasteiger partial charge in [-0.05, 0) is 12.1 Å². The maximum atomic E-state index is 5.96. The summed E-state index contributed by atoms with van der Waals surface area (Å²) < 4.78 is 12.7. The number of hydrogen-bond donors (Lipinski definition) is 0. The molecule has 4 nitrogen and oxygen atoms in total. The second kappa shape index (κ2) is 4.44. The molecule has 0 bridgehead atoms. The van der Waals surface area contributed by atoms with Crippen molar-refractivity contribution in [2.75, 3.05) is 37.8 Å². The Morgan fingerprint density at radius 1 is 1.26 bits per heavy atom. The highest BCUT2D eigenvalue weighted by Gasteiger charge is 2.41. The zero-order valence-corrected chi connectivity index (χ0v) is 11.5. The van der Waals surface area contributed by atoms with Gasteiger partial charge in [0.1, 0.15) is 5.60 Å². The molecule has 0 saturated carbocycles. The van der Waals surface area contributed by atoms with Crippen LogP contribution in [0.2, 0.25) is 0 Å². The fraction of sp³-hybridized carbons (Fsp3) is 0.500. The van der Waals surface area contributed by atoms with E-state index < -0.39 is 0 Å². The van der Waals surface area contributed by atoms with Crippen LogP contribution in [0.3, 0.4) is 0 Å². The van der Waals surface area contributed by atoms with E-state index in [9.17, 15) is 0 Å². The molecule has 2 saturated heterocycles. The predicted molar refractivity (Wildman–Crippen MR) is 76.0 cm³/mol. The quantitative estimate of drug-likeness (QED) is 0.800. The molecule has 2 aliphatic rings. The van der Waals surface area contributed by atoms with Crippen LogP contribution in [-0.2, 0) is 9.47 Å². The van der Waals surface area contributed by atoms with Crippen LogP contribution in [0.25, 0.3) is 10.2 Å². The second-order valence-corrected chi connectivity index (χ2v) is 6.23. The van der Waals surface area contributed by atoms with Gasteiger partial charge in [-0.15, -0.1) is 0 Å². The van der Waals surface area contributed by atoms with Crippen LogP contribution in [0.5, 0.6) is 0 Å². The van der Waals surface area contributed by atoms with Crippen LogP contribution in [0.15, 0.2) is 24.3 Å². The standard InChI is InChI=1S/C14H16N2O2S/c1-2-4-12-11(3-1)15-13(19-12)16-6-8-18-14(9-16)5-7-17-10-14/h1-4H,5-10H2. The number of nitrogens with zero attached hydrogens (tertiary/aromatic N) is 2. The smallest absolute Gasteiger partial charge is 0.186 e. The van der Waals surface area contributed by atoms with Gasteiger partial charge in [0.05, 0.1) is 30.0 Å². The van der Waals surface area contributed by atoms with Gasteiger partial charge in [-0.2, -0.15) is 0 Å². The number of morpholine rings is 1. The predicted octanol–water partition coefficient (Wildman–Crippen LogP) is 2.29. The van der Waals surface area contributed by atoms with Gasteiger partial charge in [0.2, 0.25) is 0 Å². The molecular weight excluding hydrogens is 260 g/mol. The van der Waals surface area contributed by atoms with E-state index in [1.165, 1.54) is 4.70 Å². The number of fused-ring (bicyclic) bond motifs is 1. The minimum atomic E-state index is -0.101. The third-order valence-electron chi connectivity index (χ3n) is 3.87. The number of rotatable bonds is 1. The zero-order chi connectivity index (χ0) is 12.7. The molecule has 2 aromatic rings. The number of benzene rings is 1. The van der Waals surface area contributed by atoms with Crippen molar-refractivity contribution < 1.29 is 9.47 Å². The topological polar surface area (TPSA) is 34.6 Å². The van der Waals surface area contributed by atoms with Gasteiger partial charge in [0.15, 0.2) is 5.13 Å². The number of ether oxygens (including phenoxy) is 2. The van der Waals surface area contributed by atoms with Gasteiger partial charge in [0, 0.05) is 19.6 Å². The highest BCUT2D eigenvalue weighted by atomic mass is 32.1. The lowest BCUT2D eigenvalue weighted by Gasteiger charge is -2.39. The minimum absolute atomic E-state index is 0.101. The van der Waals surface area contributed by atoms with Crippen molar-refractivity contribution in [3.8, 4) is 0 Å². The molecule has 5 heteroatoms. The van der Waals surface area contributed by atoms with Gasteiger partial charge in [-0.25, -0.2) is 4.98 Å².